The smallest absolute Gasteiger partial charge is 0.257 e. The molecule has 0 bridgehead atoms. The molecule has 1 aliphatic heterocycles. The first-order chi connectivity index (χ1) is 10.7. The van der Waals surface area contributed by atoms with Gasteiger partial charge in [-0.2, -0.15) is 0 Å². The predicted octanol–water partition coefficient (Wildman–Crippen LogP) is 1.66. The Morgan fingerprint density at radius 1 is 1.41 bits per heavy atom. The molecule has 1 aliphatic rings. The Kier molecular flexibility index (Phi) is 3.91. The molecule has 22 heavy (non-hydrogen) atoms. The lowest BCUT2D eigenvalue weighted by atomic mass is 10.1. The second kappa shape index (κ2) is 6.01. The maximum atomic E-state index is 12.8. The van der Waals surface area contributed by atoms with Gasteiger partial charge < -0.3 is 15.4 Å². The number of benzene rings is 1. The first-order valence-corrected chi connectivity index (χ1v) is 7.30. The number of fused-ring (bicyclic) bond motifs is 1. The van der Waals surface area contributed by atoms with E-state index in [1.165, 1.54) is 0 Å². The van der Waals surface area contributed by atoms with Crippen LogP contribution in [0.3, 0.4) is 0 Å². The molecule has 6 heteroatoms. The molecule has 2 aromatic rings. The van der Waals surface area contributed by atoms with Crippen molar-refractivity contribution in [3.63, 3.8) is 0 Å². The highest BCUT2D eigenvalue weighted by Crippen LogP contribution is 2.23. The van der Waals surface area contributed by atoms with Gasteiger partial charge in [-0.25, -0.2) is 9.97 Å². The van der Waals surface area contributed by atoms with Gasteiger partial charge in [0.15, 0.2) is 0 Å². The van der Waals surface area contributed by atoms with Crippen molar-refractivity contribution in [2.24, 2.45) is 0 Å². The van der Waals surface area contributed by atoms with Crippen molar-refractivity contribution in [3.05, 3.63) is 47.3 Å². The summed E-state index contributed by atoms with van der Waals surface area (Å²) in [5.74, 6) is 0.803. The van der Waals surface area contributed by atoms with Crippen molar-refractivity contribution < 1.29 is 9.53 Å². The Morgan fingerprint density at radius 2 is 2.23 bits per heavy atom. The van der Waals surface area contributed by atoms with Crippen molar-refractivity contribution in [1.29, 1.82) is 0 Å². The highest BCUT2D eigenvalue weighted by Gasteiger charge is 2.25. The molecule has 6 nitrogen and oxygen atoms in total. The molecule has 0 fully saturated rings. The van der Waals surface area contributed by atoms with Crippen LogP contribution >= 0.6 is 0 Å². The lowest BCUT2D eigenvalue weighted by molar-refractivity contribution is 0.0727. The molecule has 3 rings (SSSR count). The van der Waals surface area contributed by atoms with Gasteiger partial charge in [0, 0.05) is 12.7 Å². The number of hydrogen-bond donors (Lipinski definition) is 1. The minimum absolute atomic E-state index is 0.0492. The summed E-state index contributed by atoms with van der Waals surface area (Å²) in [6.07, 6.45) is 2.48. The van der Waals surface area contributed by atoms with Gasteiger partial charge in [-0.1, -0.05) is 12.1 Å². The minimum Gasteiger partial charge on any atom is -0.493 e. The molecule has 0 unspecified atom stereocenters. The number of nitrogen functional groups attached to an aromatic ring is 1. The number of para-hydroxylation sites is 1. The molecule has 114 valence electrons. The first-order valence-electron chi connectivity index (χ1n) is 7.30. The number of anilines is 1. The Balaban J connectivity index is 1.85. The second-order valence-electron chi connectivity index (χ2n) is 5.11. The summed E-state index contributed by atoms with van der Waals surface area (Å²) in [4.78, 5) is 22.8. The molecule has 0 aliphatic carbocycles. The monoisotopic (exact) mass is 298 g/mol. The summed E-state index contributed by atoms with van der Waals surface area (Å²) < 4.78 is 5.54. The zero-order chi connectivity index (χ0) is 15.5. The Bertz CT molecular complexity index is 702. The number of hydrogen-bond acceptors (Lipinski definition) is 5. The maximum Gasteiger partial charge on any atom is 0.257 e. The standard InChI is InChI=1S/C16H18N4O2/c1-2-22-14-6-4-3-5-12(14)15(21)20-8-7-11-9-18-16(17)19-13(11)10-20/h3-6,9H,2,7-8,10H2,1H3,(H2,17,18,19). The molecule has 2 heterocycles. The maximum absolute atomic E-state index is 12.8. The average Bonchev–Trinajstić information content (AvgIpc) is 2.54. The van der Waals surface area contributed by atoms with Gasteiger partial charge in [-0.15, -0.1) is 0 Å². The lowest BCUT2D eigenvalue weighted by Crippen LogP contribution is -2.36. The van der Waals surface area contributed by atoms with Crippen LogP contribution in [-0.2, 0) is 13.0 Å². The van der Waals surface area contributed by atoms with Crippen LogP contribution in [0.4, 0.5) is 5.95 Å². The SMILES string of the molecule is CCOc1ccccc1C(=O)N1CCc2cnc(N)nc2C1. The fraction of sp³-hybridized carbons (Fsp3) is 0.312. The number of carbonyl (C=O) groups excluding carboxylic acids is 1. The molecule has 1 amide bonds. The molecular weight excluding hydrogens is 280 g/mol. The normalized spacial score (nSPS) is 13.6. The number of aromatic nitrogens is 2. The van der Waals surface area contributed by atoms with Crippen LogP contribution in [-0.4, -0.2) is 33.9 Å². The predicted molar refractivity (Wildman–Crippen MR) is 82.5 cm³/mol. The molecule has 1 aromatic heterocycles. The number of ether oxygens (including phenoxy) is 1. The lowest BCUT2D eigenvalue weighted by Gasteiger charge is -2.28. The van der Waals surface area contributed by atoms with Crippen LogP contribution < -0.4 is 10.5 Å². The molecular formula is C16H18N4O2. The molecule has 1 aromatic carbocycles. The molecule has 0 radical (unpaired) electrons. The number of carbonyl (C=O) groups is 1. The summed E-state index contributed by atoms with van der Waals surface area (Å²) in [7, 11) is 0. The summed E-state index contributed by atoms with van der Waals surface area (Å²) in [6, 6.07) is 7.31. The van der Waals surface area contributed by atoms with Crippen molar-refractivity contribution in [2.75, 3.05) is 18.9 Å². The summed E-state index contributed by atoms with van der Waals surface area (Å²) >= 11 is 0. The largest absolute Gasteiger partial charge is 0.493 e. The van der Waals surface area contributed by atoms with Crippen molar-refractivity contribution in [1.82, 2.24) is 14.9 Å². The van der Waals surface area contributed by atoms with Gasteiger partial charge in [0.05, 0.1) is 24.4 Å². The van der Waals surface area contributed by atoms with Gasteiger partial charge in [0.25, 0.3) is 5.91 Å². The topological polar surface area (TPSA) is 81.3 Å². The van der Waals surface area contributed by atoms with Crippen molar-refractivity contribution in [2.45, 2.75) is 19.9 Å². The van der Waals surface area contributed by atoms with E-state index in [0.29, 0.717) is 31.0 Å². The van der Waals surface area contributed by atoms with Gasteiger partial charge in [-0.3, -0.25) is 4.79 Å². The first kappa shape index (κ1) is 14.3. The zero-order valence-corrected chi connectivity index (χ0v) is 12.5. The fourth-order valence-electron chi connectivity index (χ4n) is 2.59. The van der Waals surface area contributed by atoms with E-state index in [2.05, 4.69) is 9.97 Å². The van der Waals surface area contributed by atoms with E-state index >= 15 is 0 Å². The van der Waals surface area contributed by atoms with Gasteiger partial charge >= 0.3 is 0 Å². The summed E-state index contributed by atoms with van der Waals surface area (Å²) in [5, 5.41) is 0. The Hall–Kier alpha value is -2.63. The van der Waals surface area contributed by atoms with E-state index in [1.54, 1.807) is 17.2 Å². The van der Waals surface area contributed by atoms with Gasteiger partial charge in [0.2, 0.25) is 5.95 Å². The number of amides is 1. The Labute approximate surface area is 128 Å². The number of nitrogens with two attached hydrogens (primary N) is 1. The molecule has 2 N–H and O–H groups in total. The fourth-order valence-corrected chi connectivity index (χ4v) is 2.59. The third-order valence-corrected chi connectivity index (χ3v) is 3.67. The van der Waals surface area contributed by atoms with Crippen LogP contribution in [0.25, 0.3) is 0 Å². The van der Waals surface area contributed by atoms with Crippen molar-refractivity contribution >= 4 is 11.9 Å². The highest BCUT2D eigenvalue weighted by molar-refractivity contribution is 5.97. The van der Waals surface area contributed by atoms with E-state index in [4.69, 9.17) is 10.5 Å². The van der Waals surface area contributed by atoms with E-state index < -0.39 is 0 Å². The van der Waals surface area contributed by atoms with E-state index in [-0.39, 0.29) is 11.9 Å². The van der Waals surface area contributed by atoms with Crippen LogP contribution in [0, 0.1) is 0 Å². The van der Waals surface area contributed by atoms with Crippen LogP contribution in [0.15, 0.2) is 30.5 Å². The van der Waals surface area contributed by atoms with Crippen LogP contribution in [0.5, 0.6) is 5.75 Å². The summed E-state index contributed by atoms with van der Waals surface area (Å²) in [6.45, 7) is 3.51. The quantitative estimate of drug-likeness (QED) is 0.932. The number of rotatable bonds is 3. The van der Waals surface area contributed by atoms with E-state index in [9.17, 15) is 4.79 Å². The van der Waals surface area contributed by atoms with E-state index in [1.807, 2.05) is 25.1 Å². The third kappa shape index (κ3) is 2.72. The molecule has 0 saturated carbocycles. The second-order valence-corrected chi connectivity index (χ2v) is 5.11. The molecule has 0 atom stereocenters. The van der Waals surface area contributed by atoms with Gasteiger partial charge in [-0.05, 0) is 31.0 Å². The van der Waals surface area contributed by atoms with E-state index in [0.717, 1.165) is 17.7 Å². The average molecular weight is 298 g/mol. The minimum atomic E-state index is -0.0492. The highest BCUT2D eigenvalue weighted by atomic mass is 16.5. The molecule has 0 spiro atoms. The van der Waals surface area contributed by atoms with Crippen LogP contribution in [0.1, 0.15) is 28.5 Å². The molecule has 0 saturated heterocycles. The Morgan fingerprint density at radius 3 is 3.05 bits per heavy atom. The van der Waals surface area contributed by atoms with Crippen molar-refractivity contribution in [3.8, 4) is 5.75 Å². The zero-order valence-electron chi connectivity index (χ0n) is 12.5. The van der Waals surface area contributed by atoms with Gasteiger partial charge in [0.1, 0.15) is 5.75 Å². The third-order valence-electron chi connectivity index (χ3n) is 3.67. The summed E-state index contributed by atoms with van der Waals surface area (Å²) in [5.41, 5.74) is 8.08. The number of nitrogens with zero attached hydrogens (tertiary/aromatic N) is 3. The van der Waals surface area contributed by atoms with Crippen LogP contribution in [0.2, 0.25) is 0 Å².